The van der Waals surface area contributed by atoms with Gasteiger partial charge in [-0.15, -0.1) is 0 Å². The molecular formula is C145H100. The number of hydrogen-bond acceptors (Lipinski definition) is 0. The summed E-state index contributed by atoms with van der Waals surface area (Å²) in [5.41, 5.74) is 48.7. The third-order valence-electron chi connectivity index (χ3n) is 28.9. The van der Waals surface area contributed by atoms with Crippen LogP contribution >= 0.6 is 0 Å². The average Bonchev–Trinajstić information content (AvgIpc) is 0.779. The summed E-state index contributed by atoms with van der Waals surface area (Å²) < 4.78 is 0. The van der Waals surface area contributed by atoms with E-state index >= 15 is 0 Å². The van der Waals surface area contributed by atoms with Crippen molar-refractivity contribution in [3.8, 4) is 223 Å². The monoisotopic (exact) mass is 1840 g/mol. The molecule has 0 unspecified atom stereocenters. The zero-order valence-corrected chi connectivity index (χ0v) is 80.2. The lowest BCUT2D eigenvalue weighted by molar-refractivity contribution is 0.745. The van der Waals surface area contributed by atoms with E-state index in [1.165, 1.54) is 44.5 Å². The van der Waals surface area contributed by atoms with E-state index in [1.807, 2.05) is 0 Å². The van der Waals surface area contributed by atoms with Gasteiger partial charge in [0.05, 0.1) is 5.41 Å². The largest absolute Gasteiger partial charge is 0.0701 e. The zero-order chi connectivity index (χ0) is 96.6. The summed E-state index contributed by atoms with van der Waals surface area (Å²) >= 11 is 0. The van der Waals surface area contributed by atoms with Crippen LogP contribution in [0.4, 0.5) is 0 Å². The van der Waals surface area contributed by atoms with Crippen molar-refractivity contribution in [2.45, 2.75) is 5.41 Å². The van der Waals surface area contributed by atoms with Crippen LogP contribution in [-0.4, -0.2) is 0 Å². The first-order chi connectivity index (χ1) is 72.0. The first kappa shape index (κ1) is 88.9. The summed E-state index contributed by atoms with van der Waals surface area (Å²) in [5, 5.41) is 0. The third kappa shape index (κ3) is 17.1. The van der Waals surface area contributed by atoms with Crippen LogP contribution in [0, 0.1) is 0 Å². The molecule has 24 rings (SSSR count). The molecule has 145 heavy (non-hydrogen) atoms. The van der Waals surface area contributed by atoms with Gasteiger partial charge in [0.2, 0.25) is 0 Å². The molecule has 0 aromatic heterocycles. The van der Waals surface area contributed by atoms with Crippen LogP contribution < -0.4 is 0 Å². The predicted octanol–water partition coefficient (Wildman–Crippen LogP) is 39.4. The molecule has 0 saturated heterocycles. The Morgan fingerprint density at radius 2 is 0.166 bits per heavy atom. The Balaban J connectivity index is 0.817. The summed E-state index contributed by atoms with van der Waals surface area (Å²) in [6, 6.07) is 226. The highest BCUT2D eigenvalue weighted by Crippen LogP contribution is 2.59. The Morgan fingerprint density at radius 3 is 0.276 bits per heavy atom. The molecular weight excluding hydrogens is 1740 g/mol. The summed E-state index contributed by atoms with van der Waals surface area (Å²) in [7, 11) is 0. The van der Waals surface area contributed by atoms with Crippen molar-refractivity contribution in [1.29, 1.82) is 0 Å². The van der Waals surface area contributed by atoms with Gasteiger partial charge in [0, 0.05) is 0 Å². The predicted molar refractivity (Wildman–Crippen MR) is 613 cm³/mol. The van der Waals surface area contributed by atoms with Gasteiger partial charge in [-0.05, 0) is 269 Å². The Kier molecular flexibility index (Phi) is 24.7. The minimum Gasteiger partial charge on any atom is -0.0622 e. The van der Waals surface area contributed by atoms with E-state index in [9.17, 15) is 0 Å². The van der Waals surface area contributed by atoms with Gasteiger partial charge < -0.3 is 0 Å². The number of hydrogen-bond donors (Lipinski definition) is 0. The fraction of sp³-hybridized carbons (Fsp3) is 0.00690. The van der Waals surface area contributed by atoms with E-state index in [0.717, 1.165) is 200 Å². The minimum atomic E-state index is -1.10. The lowest BCUT2D eigenvalue weighted by Crippen LogP contribution is -2.31. The molecule has 0 heteroatoms. The van der Waals surface area contributed by atoms with Gasteiger partial charge in [-0.1, -0.05) is 582 Å². The van der Waals surface area contributed by atoms with Crippen LogP contribution in [0.15, 0.2) is 607 Å². The van der Waals surface area contributed by atoms with Crippen molar-refractivity contribution in [1.82, 2.24) is 0 Å². The molecule has 24 aromatic rings. The molecule has 680 valence electrons. The molecule has 0 heterocycles. The van der Waals surface area contributed by atoms with Crippen molar-refractivity contribution < 1.29 is 0 Å². The maximum atomic E-state index is 2.48. The van der Waals surface area contributed by atoms with Crippen molar-refractivity contribution in [2.24, 2.45) is 0 Å². The first-order valence-electron chi connectivity index (χ1n) is 50.2. The van der Waals surface area contributed by atoms with Crippen molar-refractivity contribution in [2.75, 3.05) is 0 Å². The maximum absolute atomic E-state index is 2.48. The fourth-order valence-electron chi connectivity index (χ4n) is 22.4. The van der Waals surface area contributed by atoms with Crippen molar-refractivity contribution in [3.05, 3.63) is 629 Å². The maximum Gasteiger partial charge on any atom is 0.0701 e. The number of benzene rings is 24. The van der Waals surface area contributed by atoms with Gasteiger partial charge in [-0.2, -0.15) is 0 Å². The summed E-state index contributed by atoms with van der Waals surface area (Å²) in [6.45, 7) is 0. The second-order valence-electron chi connectivity index (χ2n) is 37.3. The highest BCUT2D eigenvalue weighted by molar-refractivity contribution is 6.13. The number of rotatable bonds is 24. The lowest BCUT2D eigenvalue weighted by atomic mass is 9.64. The zero-order valence-electron chi connectivity index (χ0n) is 80.2. The Morgan fingerprint density at radius 1 is 0.0759 bits per heavy atom. The lowest BCUT2D eigenvalue weighted by Gasteiger charge is -2.37. The van der Waals surface area contributed by atoms with Gasteiger partial charge in [-0.3, -0.25) is 0 Å². The molecule has 0 nitrogen and oxygen atoms in total. The molecule has 24 aromatic carbocycles. The molecule has 0 bridgehead atoms. The van der Waals surface area contributed by atoms with Crippen LogP contribution in [0.3, 0.4) is 0 Å². The molecule has 0 radical (unpaired) electrons. The fourth-order valence-corrected chi connectivity index (χ4v) is 22.4. The van der Waals surface area contributed by atoms with Crippen LogP contribution in [-0.2, 0) is 5.41 Å². The molecule has 0 N–H and O–H groups in total. The van der Waals surface area contributed by atoms with E-state index in [0.29, 0.717) is 0 Å². The van der Waals surface area contributed by atoms with Gasteiger partial charge in [0.25, 0.3) is 0 Å². The normalized spacial score (nSPS) is 11.3. The Bertz CT molecular complexity index is 7590. The van der Waals surface area contributed by atoms with Gasteiger partial charge in [-0.25, -0.2) is 0 Å². The molecule has 0 aliphatic heterocycles. The summed E-state index contributed by atoms with van der Waals surface area (Å²) in [6.07, 6.45) is 0. The summed E-state index contributed by atoms with van der Waals surface area (Å²) in [4.78, 5) is 0. The van der Waals surface area contributed by atoms with Gasteiger partial charge in [0.1, 0.15) is 0 Å². The molecule has 0 amide bonds. The van der Waals surface area contributed by atoms with E-state index in [-0.39, 0.29) is 0 Å². The van der Waals surface area contributed by atoms with E-state index in [1.54, 1.807) is 0 Å². The second kappa shape index (κ2) is 40.2. The minimum absolute atomic E-state index is 1.08. The summed E-state index contributed by atoms with van der Waals surface area (Å²) in [5.74, 6) is 0. The molecule has 0 fully saturated rings. The van der Waals surface area contributed by atoms with E-state index < -0.39 is 5.41 Å². The smallest absolute Gasteiger partial charge is 0.0622 e. The topological polar surface area (TPSA) is 0 Å². The van der Waals surface area contributed by atoms with Crippen molar-refractivity contribution in [3.63, 3.8) is 0 Å². The molecule has 0 spiro atoms. The Hall–Kier alpha value is -18.7. The van der Waals surface area contributed by atoms with E-state index in [4.69, 9.17) is 0 Å². The molecule has 0 aliphatic rings. The van der Waals surface area contributed by atoms with E-state index in [2.05, 4.69) is 607 Å². The van der Waals surface area contributed by atoms with Crippen LogP contribution in [0.25, 0.3) is 223 Å². The molecule has 0 aliphatic carbocycles. The quantitative estimate of drug-likeness (QED) is 0.0529. The van der Waals surface area contributed by atoms with Gasteiger partial charge >= 0.3 is 0 Å². The third-order valence-corrected chi connectivity index (χ3v) is 28.9. The molecule has 0 atom stereocenters. The van der Waals surface area contributed by atoms with Gasteiger partial charge in [0.15, 0.2) is 0 Å². The van der Waals surface area contributed by atoms with Crippen LogP contribution in [0.5, 0.6) is 0 Å². The van der Waals surface area contributed by atoms with Crippen LogP contribution in [0.1, 0.15) is 22.3 Å². The average molecular weight is 1840 g/mol. The van der Waals surface area contributed by atoms with Crippen molar-refractivity contribution >= 4 is 0 Å². The Labute approximate surface area is 850 Å². The highest BCUT2D eigenvalue weighted by Gasteiger charge is 2.41. The standard InChI is InChI=1S/C145H100/c1-17-49-101(50-18-1)125-97-129(137(113-65-33-9-34-66-113)141(117-73-41-13-42-74-117)133(125)109-57-25-5-26-58-109)105-81-89-121(90-82-105)145(122-91-83-106(84-92-122)130-98-126(102-51-19-2-20-52-102)134(110-59-27-6-28-60-110)142(118-75-43-14-44-76-118)138(130)114-67-35-10-36-68-114,123-93-85-107(86-94-123)131-99-127(103-53-21-3-22-54-103)135(111-61-29-7-30-62-111)143(119-77-45-15-46-78-119)139(131)115-69-37-11-38-70-115)124-95-87-108(88-96-124)132-100-128(104-55-23-4-24-56-104)136(112-63-31-8-32-64-112)144(120-79-47-16-48-80-120)140(132)116-71-39-12-40-72-116/h1-100H. The van der Waals surface area contributed by atoms with Crippen LogP contribution in [0.2, 0.25) is 0 Å². The SMILES string of the molecule is c1ccc(-c2cc(-c3ccc(C(c4ccc(-c5cc(-c6ccccc6)c(-c6ccccc6)c(-c6ccccc6)c5-c5ccccc5)cc4)(c4ccc(-c5cc(-c6ccccc6)c(-c6ccccc6)c(-c6ccccc6)c5-c5ccccc5)cc4)c4ccc(-c5cc(-c6ccccc6)c(-c6ccccc6)c(-c6ccccc6)c5-c5ccccc5)cc4)cc3)c(-c3ccccc3)c(-c3ccccc3)c2-c2ccccc2)cc1. The second-order valence-corrected chi connectivity index (χ2v) is 37.3. The highest BCUT2D eigenvalue weighted by atomic mass is 14.4. The first-order valence-corrected chi connectivity index (χ1v) is 50.2. The molecule has 0 saturated carbocycles.